The SMILES string of the molecule is Cc1nnc(-c2cccc(NC(=O)[C@@H]3CCCCN3C(=O)c3ccsc3)c2)s1. The Hall–Kier alpha value is -2.58. The molecule has 0 radical (unpaired) electrons. The number of nitrogens with zero attached hydrogens (tertiary/aromatic N) is 3. The number of anilines is 1. The van der Waals surface area contributed by atoms with Crippen LogP contribution in [0.3, 0.4) is 0 Å². The van der Waals surface area contributed by atoms with Crippen molar-refractivity contribution < 1.29 is 9.59 Å². The molecule has 6 nitrogen and oxygen atoms in total. The normalized spacial score (nSPS) is 16.8. The average molecular weight is 413 g/mol. The minimum Gasteiger partial charge on any atom is -0.327 e. The van der Waals surface area contributed by atoms with Crippen molar-refractivity contribution in [2.45, 2.75) is 32.2 Å². The van der Waals surface area contributed by atoms with Gasteiger partial charge in [-0.2, -0.15) is 11.3 Å². The van der Waals surface area contributed by atoms with E-state index >= 15 is 0 Å². The molecular weight excluding hydrogens is 392 g/mol. The Bertz CT molecular complexity index is 984. The molecule has 1 aromatic carbocycles. The molecule has 0 aliphatic carbocycles. The van der Waals surface area contributed by atoms with Gasteiger partial charge in [-0.1, -0.05) is 23.5 Å². The number of carbonyl (C=O) groups is 2. The number of piperidine rings is 1. The Balaban J connectivity index is 1.51. The highest BCUT2D eigenvalue weighted by molar-refractivity contribution is 7.14. The van der Waals surface area contributed by atoms with E-state index in [1.165, 1.54) is 22.7 Å². The molecule has 0 unspecified atom stereocenters. The van der Waals surface area contributed by atoms with E-state index in [0.717, 1.165) is 28.4 Å². The van der Waals surface area contributed by atoms with Crippen LogP contribution in [0.2, 0.25) is 0 Å². The third kappa shape index (κ3) is 3.98. The maximum atomic E-state index is 13.0. The molecular formula is C20H20N4O2S2. The van der Waals surface area contributed by atoms with E-state index in [0.29, 0.717) is 24.2 Å². The second-order valence-corrected chi connectivity index (χ2v) is 8.68. The lowest BCUT2D eigenvalue weighted by Gasteiger charge is -2.34. The Kier molecular flexibility index (Phi) is 5.50. The zero-order chi connectivity index (χ0) is 19.5. The summed E-state index contributed by atoms with van der Waals surface area (Å²) in [7, 11) is 0. The average Bonchev–Trinajstić information content (AvgIpc) is 3.39. The number of hydrogen-bond acceptors (Lipinski definition) is 6. The molecule has 2 amide bonds. The first-order chi connectivity index (χ1) is 13.6. The number of carbonyl (C=O) groups excluding carboxylic acids is 2. The van der Waals surface area contributed by atoms with Crippen LogP contribution in [-0.2, 0) is 4.79 Å². The first kappa shape index (κ1) is 18.8. The van der Waals surface area contributed by atoms with Gasteiger partial charge in [0.05, 0.1) is 5.56 Å². The summed E-state index contributed by atoms with van der Waals surface area (Å²) in [6.45, 7) is 2.52. The van der Waals surface area contributed by atoms with Crippen LogP contribution in [0.1, 0.15) is 34.6 Å². The lowest BCUT2D eigenvalue weighted by Crippen LogP contribution is -2.49. The molecule has 0 bridgehead atoms. The van der Waals surface area contributed by atoms with Crippen LogP contribution in [0, 0.1) is 6.92 Å². The highest BCUT2D eigenvalue weighted by atomic mass is 32.1. The van der Waals surface area contributed by atoms with Crippen LogP contribution < -0.4 is 5.32 Å². The maximum absolute atomic E-state index is 13.0. The minimum absolute atomic E-state index is 0.0702. The summed E-state index contributed by atoms with van der Waals surface area (Å²) in [5.41, 5.74) is 2.26. The second kappa shape index (κ2) is 8.20. The number of thiophene rings is 1. The Morgan fingerprint density at radius 3 is 2.86 bits per heavy atom. The molecule has 4 rings (SSSR count). The van der Waals surface area contributed by atoms with Crippen LogP contribution in [0.15, 0.2) is 41.1 Å². The molecule has 3 aromatic rings. The Morgan fingerprint density at radius 1 is 1.21 bits per heavy atom. The van der Waals surface area contributed by atoms with E-state index < -0.39 is 6.04 Å². The van der Waals surface area contributed by atoms with Crippen LogP contribution in [0.25, 0.3) is 10.6 Å². The number of aryl methyl sites for hydroxylation is 1. The lowest BCUT2D eigenvalue weighted by molar-refractivity contribution is -0.121. The summed E-state index contributed by atoms with van der Waals surface area (Å²) in [5, 5.41) is 16.6. The molecule has 28 heavy (non-hydrogen) atoms. The van der Waals surface area contributed by atoms with Crippen LogP contribution in [0.4, 0.5) is 5.69 Å². The van der Waals surface area contributed by atoms with Crippen molar-refractivity contribution in [3.8, 4) is 10.6 Å². The van der Waals surface area contributed by atoms with Gasteiger partial charge in [-0.15, -0.1) is 10.2 Å². The lowest BCUT2D eigenvalue weighted by atomic mass is 10.00. The number of benzene rings is 1. The predicted molar refractivity (Wildman–Crippen MR) is 112 cm³/mol. The standard InChI is InChI=1S/C20H20N4O2S2/c1-13-22-23-19(28-13)14-5-4-6-16(11-14)21-18(25)17-7-2-3-9-24(17)20(26)15-8-10-27-12-15/h4-6,8,10-12,17H,2-3,7,9H2,1H3,(H,21,25)/t17-/m0/s1. The molecule has 1 N–H and O–H groups in total. The zero-order valence-electron chi connectivity index (χ0n) is 15.4. The van der Waals surface area contributed by atoms with Gasteiger partial charge in [0, 0.05) is 23.2 Å². The smallest absolute Gasteiger partial charge is 0.255 e. The molecule has 1 aliphatic heterocycles. The van der Waals surface area contributed by atoms with Gasteiger partial charge in [0.25, 0.3) is 5.91 Å². The number of nitrogens with one attached hydrogen (secondary N) is 1. The highest BCUT2D eigenvalue weighted by Crippen LogP contribution is 2.27. The van der Waals surface area contributed by atoms with Gasteiger partial charge in [0.15, 0.2) is 0 Å². The van der Waals surface area contributed by atoms with Crippen molar-refractivity contribution in [1.29, 1.82) is 0 Å². The summed E-state index contributed by atoms with van der Waals surface area (Å²) in [6.07, 6.45) is 2.54. The van der Waals surface area contributed by atoms with E-state index in [1.807, 2.05) is 48.0 Å². The Morgan fingerprint density at radius 2 is 2.11 bits per heavy atom. The van der Waals surface area contributed by atoms with E-state index in [4.69, 9.17) is 0 Å². The summed E-state index contributed by atoms with van der Waals surface area (Å²) >= 11 is 3.00. The molecule has 0 saturated carbocycles. The maximum Gasteiger partial charge on any atom is 0.255 e. The number of aromatic nitrogens is 2. The summed E-state index contributed by atoms with van der Waals surface area (Å²) < 4.78 is 0. The van der Waals surface area contributed by atoms with Gasteiger partial charge in [0.2, 0.25) is 5.91 Å². The quantitative estimate of drug-likeness (QED) is 0.697. The number of rotatable bonds is 4. The third-order valence-electron chi connectivity index (χ3n) is 4.74. The predicted octanol–water partition coefficient (Wildman–Crippen LogP) is 4.21. The molecule has 0 spiro atoms. The minimum atomic E-state index is -0.450. The van der Waals surface area contributed by atoms with E-state index in [2.05, 4.69) is 15.5 Å². The van der Waals surface area contributed by atoms with Gasteiger partial charge in [0.1, 0.15) is 16.1 Å². The van der Waals surface area contributed by atoms with Crippen LogP contribution in [-0.4, -0.2) is 39.5 Å². The molecule has 3 heterocycles. The number of amides is 2. The summed E-state index contributed by atoms with van der Waals surface area (Å²) in [4.78, 5) is 27.5. The first-order valence-corrected chi connectivity index (χ1v) is 10.9. The summed E-state index contributed by atoms with van der Waals surface area (Å²) in [6, 6.07) is 8.94. The highest BCUT2D eigenvalue weighted by Gasteiger charge is 2.32. The van der Waals surface area contributed by atoms with Gasteiger partial charge in [-0.25, -0.2) is 0 Å². The first-order valence-electron chi connectivity index (χ1n) is 9.16. The monoisotopic (exact) mass is 412 g/mol. The second-order valence-electron chi connectivity index (χ2n) is 6.72. The van der Waals surface area contributed by atoms with Gasteiger partial charge >= 0.3 is 0 Å². The number of hydrogen-bond donors (Lipinski definition) is 1. The van der Waals surface area contributed by atoms with E-state index in [-0.39, 0.29) is 11.8 Å². The topological polar surface area (TPSA) is 75.2 Å². The molecule has 1 fully saturated rings. The van der Waals surface area contributed by atoms with Crippen molar-refractivity contribution in [3.63, 3.8) is 0 Å². The van der Waals surface area contributed by atoms with Crippen molar-refractivity contribution in [2.24, 2.45) is 0 Å². The van der Waals surface area contributed by atoms with Gasteiger partial charge in [-0.05, 0) is 49.8 Å². The van der Waals surface area contributed by atoms with Crippen molar-refractivity contribution >= 4 is 40.2 Å². The fourth-order valence-electron chi connectivity index (χ4n) is 3.37. The van der Waals surface area contributed by atoms with Crippen LogP contribution >= 0.6 is 22.7 Å². The van der Waals surface area contributed by atoms with E-state index in [9.17, 15) is 9.59 Å². The molecule has 1 atom stereocenters. The van der Waals surface area contributed by atoms with Gasteiger partial charge in [-0.3, -0.25) is 9.59 Å². The van der Waals surface area contributed by atoms with Crippen molar-refractivity contribution in [2.75, 3.05) is 11.9 Å². The largest absolute Gasteiger partial charge is 0.327 e. The number of likely N-dealkylation sites (tertiary alicyclic amines) is 1. The van der Waals surface area contributed by atoms with Crippen molar-refractivity contribution in [1.82, 2.24) is 15.1 Å². The molecule has 8 heteroatoms. The summed E-state index contributed by atoms with van der Waals surface area (Å²) in [5.74, 6) is -0.215. The molecule has 1 aliphatic rings. The van der Waals surface area contributed by atoms with Gasteiger partial charge < -0.3 is 10.2 Å². The van der Waals surface area contributed by atoms with Crippen molar-refractivity contribution in [3.05, 3.63) is 51.7 Å². The fourth-order valence-corrected chi connectivity index (χ4v) is 4.69. The van der Waals surface area contributed by atoms with E-state index in [1.54, 1.807) is 4.90 Å². The zero-order valence-corrected chi connectivity index (χ0v) is 17.1. The molecule has 1 saturated heterocycles. The third-order valence-corrected chi connectivity index (χ3v) is 6.31. The Labute approximate surface area is 171 Å². The fraction of sp³-hybridized carbons (Fsp3) is 0.300. The van der Waals surface area contributed by atoms with Crippen LogP contribution in [0.5, 0.6) is 0 Å². The molecule has 2 aromatic heterocycles. The molecule has 144 valence electrons.